The summed E-state index contributed by atoms with van der Waals surface area (Å²) in [5.74, 6) is 0.620. The van der Waals surface area contributed by atoms with Crippen molar-refractivity contribution in [3.63, 3.8) is 0 Å². The number of aromatic amines is 1. The van der Waals surface area contributed by atoms with Crippen molar-refractivity contribution in [2.45, 2.75) is 6.54 Å². The third-order valence-corrected chi connectivity index (χ3v) is 2.23. The van der Waals surface area contributed by atoms with Crippen LogP contribution in [0.4, 0.5) is 0 Å². The highest BCUT2D eigenvalue weighted by atomic mass is 16.5. The van der Waals surface area contributed by atoms with E-state index in [1.165, 1.54) is 6.33 Å². The van der Waals surface area contributed by atoms with Crippen molar-refractivity contribution in [1.82, 2.24) is 20.5 Å². The Labute approximate surface area is 98.0 Å². The van der Waals surface area contributed by atoms with E-state index in [1.54, 1.807) is 7.11 Å². The fraction of sp³-hybridized carbons (Fsp3) is 0.182. The van der Waals surface area contributed by atoms with E-state index in [0.717, 1.165) is 11.3 Å². The lowest BCUT2D eigenvalue weighted by Gasteiger charge is -2.04. The van der Waals surface area contributed by atoms with Gasteiger partial charge in [0.05, 0.1) is 7.11 Å². The lowest BCUT2D eigenvalue weighted by molar-refractivity contribution is 0.0941. The number of ether oxygens (including phenoxy) is 1. The van der Waals surface area contributed by atoms with Gasteiger partial charge in [-0.15, -0.1) is 5.10 Å². The summed E-state index contributed by atoms with van der Waals surface area (Å²) in [6, 6.07) is 7.46. The largest absolute Gasteiger partial charge is 0.497 e. The number of amides is 1. The molecule has 6 nitrogen and oxygen atoms in total. The zero-order chi connectivity index (χ0) is 12.1. The molecule has 0 unspecified atom stereocenters. The van der Waals surface area contributed by atoms with Crippen molar-refractivity contribution in [3.05, 3.63) is 42.0 Å². The first-order chi connectivity index (χ1) is 8.29. The first kappa shape index (κ1) is 11.1. The van der Waals surface area contributed by atoms with E-state index in [9.17, 15) is 4.79 Å². The summed E-state index contributed by atoms with van der Waals surface area (Å²) in [7, 11) is 1.61. The molecule has 0 radical (unpaired) electrons. The average molecular weight is 232 g/mol. The molecule has 6 heteroatoms. The predicted octanol–water partition coefficient (Wildman–Crippen LogP) is 0.743. The molecule has 1 aromatic carbocycles. The molecule has 0 saturated heterocycles. The number of carbonyl (C=O) groups is 1. The van der Waals surface area contributed by atoms with Gasteiger partial charge in [0.15, 0.2) is 0 Å². The summed E-state index contributed by atoms with van der Waals surface area (Å²) in [5, 5.41) is 8.89. The Bertz CT molecular complexity index is 479. The number of aromatic nitrogens is 3. The quantitative estimate of drug-likeness (QED) is 0.815. The molecule has 0 saturated carbocycles. The summed E-state index contributed by atoms with van der Waals surface area (Å²) in [6.45, 7) is 0.428. The first-order valence-corrected chi connectivity index (χ1v) is 5.06. The van der Waals surface area contributed by atoms with Crippen molar-refractivity contribution in [2.75, 3.05) is 7.11 Å². The lowest BCUT2D eigenvalue weighted by Crippen LogP contribution is -2.23. The molecule has 88 valence electrons. The molecule has 1 aromatic heterocycles. The number of rotatable bonds is 4. The Morgan fingerprint density at radius 2 is 2.18 bits per heavy atom. The van der Waals surface area contributed by atoms with Crippen molar-refractivity contribution >= 4 is 5.91 Å². The summed E-state index contributed by atoms with van der Waals surface area (Å²) in [4.78, 5) is 15.3. The predicted molar refractivity (Wildman–Crippen MR) is 60.5 cm³/mol. The Kier molecular flexibility index (Phi) is 3.34. The molecular weight excluding hydrogens is 220 g/mol. The minimum Gasteiger partial charge on any atom is -0.497 e. The summed E-state index contributed by atoms with van der Waals surface area (Å²) >= 11 is 0. The van der Waals surface area contributed by atoms with Crippen molar-refractivity contribution < 1.29 is 9.53 Å². The van der Waals surface area contributed by atoms with Crippen LogP contribution in [-0.4, -0.2) is 28.2 Å². The van der Waals surface area contributed by atoms with Gasteiger partial charge >= 0.3 is 0 Å². The van der Waals surface area contributed by atoms with Crippen LogP contribution in [0.5, 0.6) is 5.75 Å². The molecule has 1 amide bonds. The molecule has 0 aliphatic rings. The van der Waals surface area contributed by atoms with Crippen LogP contribution in [0.2, 0.25) is 0 Å². The molecule has 2 aromatic rings. The third kappa shape index (κ3) is 2.81. The molecule has 2 N–H and O–H groups in total. The van der Waals surface area contributed by atoms with Crippen molar-refractivity contribution in [2.24, 2.45) is 0 Å². The van der Waals surface area contributed by atoms with Gasteiger partial charge < -0.3 is 10.1 Å². The van der Waals surface area contributed by atoms with Gasteiger partial charge in [0, 0.05) is 6.54 Å². The molecule has 0 aliphatic heterocycles. The smallest absolute Gasteiger partial charge is 0.291 e. The van der Waals surface area contributed by atoms with Crippen LogP contribution in [0.25, 0.3) is 0 Å². The van der Waals surface area contributed by atoms with E-state index in [4.69, 9.17) is 4.74 Å². The number of methoxy groups -OCH3 is 1. The minimum absolute atomic E-state index is 0.138. The second-order valence-electron chi connectivity index (χ2n) is 3.35. The number of nitrogens with one attached hydrogen (secondary N) is 2. The fourth-order valence-corrected chi connectivity index (χ4v) is 1.32. The topological polar surface area (TPSA) is 79.9 Å². The highest BCUT2D eigenvalue weighted by Crippen LogP contribution is 2.10. The maximum atomic E-state index is 11.5. The normalized spacial score (nSPS) is 9.94. The van der Waals surface area contributed by atoms with Gasteiger partial charge in [-0.1, -0.05) is 12.1 Å². The minimum atomic E-state index is -0.304. The summed E-state index contributed by atoms with van der Waals surface area (Å²) in [5.41, 5.74) is 0.981. The van der Waals surface area contributed by atoms with E-state index in [0.29, 0.717) is 6.54 Å². The van der Waals surface area contributed by atoms with Crippen LogP contribution in [0, 0.1) is 0 Å². The third-order valence-electron chi connectivity index (χ3n) is 2.23. The fourth-order valence-electron chi connectivity index (χ4n) is 1.32. The average Bonchev–Trinajstić information content (AvgIpc) is 2.90. The number of carbonyl (C=O) groups excluding carboxylic acids is 1. The van der Waals surface area contributed by atoms with Gasteiger partial charge in [-0.2, -0.15) is 0 Å². The SMILES string of the molecule is COc1ccc(CNC(=O)c2nc[nH]n2)cc1. The molecule has 1 heterocycles. The number of hydrogen-bond donors (Lipinski definition) is 2. The Hall–Kier alpha value is -2.37. The number of hydrogen-bond acceptors (Lipinski definition) is 4. The monoisotopic (exact) mass is 232 g/mol. The van der Waals surface area contributed by atoms with Gasteiger partial charge in [-0.25, -0.2) is 4.98 Å². The Morgan fingerprint density at radius 3 is 2.76 bits per heavy atom. The summed E-state index contributed by atoms with van der Waals surface area (Å²) in [6.07, 6.45) is 1.36. The second kappa shape index (κ2) is 5.11. The lowest BCUT2D eigenvalue weighted by atomic mass is 10.2. The maximum Gasteiger partial charge on any atom is 0.291 e. The van der Waals surface area contributed by atoms with Gasteiger partial charge in [0.25, 0.3) is 5.91 Å². The van der Waals surface area contributed by atoms with Crippen LogP contribution in [0.3, 0.4) is 0 Å². The molecule has 2 rings (SSSR count). The van der Waals surface area contributed by atoms with Crippen LogP contribution in [-0.2, 0) is 6.54 Å². The Morgan fingerprint density at radius 1 is 1.41 bits per heavy atom. The molecule has 0 bridgehead atoms. The summed E-state index contributed by atoms with van der Waals surface area (Å²) < 4.78 is 5.04. The van der Waals surface area contributed by atoms with Crippen LogP contribution < -0.4 is 10.1 Å². The highest BCUT2D eigenvalue weighted by Gasteiger charge is 2.08. The standard InChI is InChI=1S/C11H12N4O2/c1-17-9-4-2-8(3-5-9)6-12-11(16)10-13-7-14-15-10/h2-5,7H,6H2,1H3,(H,12,16)(H,13,14,15). The number of H-pyrrole nitrogens is 1. The Balaban J connectivity index is 1.91. The molecule has 0 aliphatic carbocycles. The van der Waals surface area contributed by atoms with Gasteiger partial charge in [-0.05, 0) is 17.7 Å². The van der Waals surface area contributed by atoms with Crippen LogP contribution in [0.15, 0.2) is 30.6 Å². The van der Waals surface area contributed by atoms with Crippen molar-refractivity contribution in [1.29, 1.82) is 0 Å². The van der Waals surface area contributed by atoms with E-state index < -0.39 is 0 Å². The molecule has 0 spiro atoms. The maximum absolute atomic E-state index is 11.5. The van der Waals surface area contributed by atoms with Gasteiger partial charge in [0.1, 0.15) is 12.1 Å². The van der Waals surface area contributed by atoms with Crippen molar-refractivity contribution in [3.8, 4) is 5.75 Å². The van der Waals surface area contributed by atoms with Gasteiger partial charge in [0.2, 0.25) is 5.82 Å². The molecule has 0 atom stereocenters. The highest BCUT2D eigenvalue weighted by molar-refractivity contribution is 5.90. The number of nitrogens with zero attached hydrogens (tertiary/aromatic N) is 2. The first-order valence-electron chi connectivity index (χ1n) is 5.06. The molecule has 17 heavy (non-hydrogen) atoms. The van der Waals surface area contributed by atoms with E-state index in [1.807, 2.05) is 24.3 Å². The molecular formula is C11H12N4O2. The van der Waals surface area contributed by atoms with Crippen LogP contribution in [0.1, 0.15) is 16.2 Å². The van der Waals surface area contributed by atoms with E-state index in [2.05, 4.69) is 20.5 Å². The van der Waals surface area contributed by atoms with Gasteiger partial charge in [-0.3, -0.25) is 9.89 Å². The van der Waals surface area contributed by atoms with Crippen LogP contribution >= 0.6 is 0 Å². The van der Waals surface area contributed by atoms with E-state index >= 15 is 0 Å². The number of benzene rings is 1. The second-order valence-corrected chi connectivity index (χ2v) is 3.35. The zero-order valence-electron chi connectivity index (χ0n) is 9.30. The molecule has 0 fully saturated rings. The zero-order valence-corrected chi connectivity index (χ0v) is 9.30. The van der Waals surface area contributed by atoms with E-state index in [-0.39, 0.29) is 11.7 Å².